The normalized spacial score (nSPS) is 11.2. The summed E-state index contributed by atoms with van der Waals surface area (Å²) in [6.45, 7) is 6.16. The van der Waals surface area contributed by atoms with E-state index in [1.165, 1.54) is 0 Å². The Hall–Kier alpha value is -2.35. The van der Waals surface area contributed by atoms with E-state index >= 15 is 0 Å². The second kappa shape index (κ2) is 4.15. The average Bonchev–Trinajstić information content (AvgIpc) is 2.79. The molecule has 2 aromatic rings. The number of H-pyrrole nitrogens is 1. The molecule has 5 nitrogen and oxygen atoms in total. The molecule has 2 aromatic heterocycles. The van der Waals surface area contributed by atoms with Crippen molar-refractivity contribution in [2.75, 3.05) is 5.73 Å². The van der Waals surface area contributed by atoms with Crippen molar-refractivity contribution in [2.24, 2.45) is 0 Å². The predicted octanol–water partition coefficient (Wildman–Crippen LogP) is 2.22. The first-order valence-electron chi connectivity index (χ1n) is 5.63. The molecule has 3 N–H and O–H groups in total. The number of aromatic nitrogens is 3. The smallest absolute Gasteiger partial charge is 0.142 e. The summed E-state index contributed by atoms with van der Waals surface area (Å²) in [7, 11) is 0. The highest BCUT2D eigenvalue weighted by Crippen LogP contribution is 2.30. The molecule has 18 heavy (non-hydrogen) atoms. The van der Waals surface area contributed by atoms with E-state index in [4.69, 9.17) is 5.73 Å². The molecule has 0 atom stereocenters. The molecule has 2 rings (SSSR count). The quantitative estimate of drug-likeness (QED) is 0.800. The first kappa shape index (κ1) is 12.1. The molecule has 0 aromatic carbocycles. The summed E-state index contributed by atoms with van der Waals surface area (Å²) in [5.74, 6) is 0.259. The lowest BCUT2D eigenvalue weighted by molar-refractivity contribution is 0.570. The SMILES string of the molecule is CC(C)(C)c1cc(-c2cnc[nH]2)c(C#N)c(N)n1. The number of nitrogens with one attached hydrogen (secondary N) is 1. The first-order chi connectivity index (χ1) is 8.43. The van der Waals surface area contributed by atoms with Crippen LogP contribution in [0.5, 0.6) is 0 Å². The summed E-state index contributed by atoms with van der Waals surface area (Å²) < 4.78 is 0. The van der Waals surface area contributed by atoms with Gasteiger partial charge in [0.05, 0.1) is 18.2 Å². The number of nitrogen functional groups attached to an aromatic ring is 1. The maximum atomic E-state index is 9.19. The van der Waals surface area contributed by atoms with Gasteiger partial charge in [-0.25, -0.2) is 9.97 Å². The maximum Gasteiger partial charge on any atom is 0.142 e. The molecule has 0 bridgehead atoms. The monoisotopic (exact) mass is 241 g/mol. The van der Waals surface area contributed by atoms with E-state index in [1.807, 2.05) is 6.07 Å². The van der Waals surface area contributed by atoms with Crippen LogP contribution >= 0.6 is 0 Å². The fraction of sp³-hybridized carbons (Fsp3) is 0.308. The van der Waals surface area contributed by atoms with E-state index in [0.29, 0.717) is 5.56 Å². The molecule has 0 aliphatic carbocycles. The standard InChI is InChI=1S/C13H15N5/c1-13(2,3)11-4-8(10-6-16-7-17-10)9(5-14)12(15)18-11/h4,6-7H,1-3H3,(H2,15,18)(H,16,17). The molecule has 0 saturated heterocycles. The molecule has 0 saturated carbocycles. The minimum Gasteiger partial charge on any atom is -0.383 e. The van der Waals surface area contributed by atoms with E-state index in [2.05, 4.69) is 41.8 Å². The number of hydrogen-bond donors (Lipinski definition) is 2. The van der Waals surface area contributed by atoms with Crippen molar-refractivity contribution in [1.82, 2.24) is 15.0 Å². The van der Waals surface area contributed by atoms with Crippen LogP contribution < -0.4 is 5.73 Å². The Morgan fingerprint density at radius 2 is 2.11 bits per heavy atom. The molecule has 0 radical (unpaired) electrons. The molecule has 5 heteroatoms. The van der Waals surface area contributed by atoms with Gasteiger partial charge >= 0.3 is 0 Å². The lowest BCUT2D eigenvalue weighted by atomic mass is 9.89. The number of pyridine rings is 1. The Morgan fingerprint density at radius 1 is 1.39 bits per heavy atom. The molecule has 0 spiro atoms. The van der Waals surface area contributed by atoms with Gasteiger partial charge in [-0.15, -0.1) is 0 Å². The zero-order chi connectivity index (χ0) is 13.3. The Balaban J connectivity index is 2.71. The summed E-state index contributed by atoms with van der Waals surface area (Å²) in [6, 6.07) is 3.99. The van der Waals surface area contributed by atoms with E-state index in [1.54, 1.807) is 12.5 Å². The van der Waals surface area contributed by atoms with E-state index in [0.717, 1.165) is 17.0 Å². The zero-order valence-electron chi connectivity index (χ0n) is 10.7. The second-order valence-corrected chi connectivity index (χ2v) is 5.14. The number of aromatic amines is 1. The fourth-order valence-electron chi connectivity index (χ4n) is 1.68. The molecular formula is C13H15N5. The highest BCUT2D eigenvalue weighted by Gasteiger charge is 2.20. The highest BCUT2D eigenvalue weighted by molar-refractivity contribution is 5.73. The second-order valence-electron chi connectivity index (χ2n) is 5.14. The van der Waals surface area contributed by atoms with E-state index in [-0.39, 0.29) is 11.2 Å². The number of hydrogen-bond acceptors (Lipinski definition) is 4. The van der Waals surface area contributed by atoms with Crippen LogP contribution in [0.2, 0.25) is 0 Å². The van der Waals surface area contributed by atoms with Crippen LogP contribution in [0.25, 0.3) is 11.3 Å². The highest BCUT2D eigenvalue weighted by atomic mass is 14.9. The van der Waals surface area contributed by atoms with Crippen molar-refractivity contribution in [1.29, 1.82) is 5.26 Å². The van der Waals surface area contributed by atoms with Gasteiger partial charge in [0.25, 0.3) is 0 Å². The Kier molecular flexibility index (Phi) is 2.79. The summed E-state index contributed by atoms with van der Waals surface area (Å²) in [5, 5.41) is 9.19. The molecule has 0 aliphatic rings. The van der Waals surface area contributed by atoms with Crippen molar-refractivity contribution >= 4 is 5.82 Å². The molecular weight excluding hydrogens is 226 g/mol. The number of rotatable bonds is 1. The van der Waals surface area contributed by atoms with Gasteiger partial charge in [0.2, 0.25) is 0 Å². The van der Waals surface area contributed by atoms with Gasteiger partial charge in [0, 0.05) is 16.7 Å². The van der Waals surface area contributed by atoms with Gasteiger partial charge in [0.15, 0.2) is 0 Å². The number of nitriles is 1. The lowest BCUT2D eigenvalue weighted by Crippen LogP contribution is -2.15. The zero-order valence-corrected chi connectivity index (χ0v) is 10.7. The predicted molar refractivity (Wildman–Crippen MR) is 69.6 cm³/mol. The largest absolute Gasteiger partial charge is 0.383 e. The number of nitrogens with zero attached hydrogens (tertiary/aromatic N) is 3. The Bertz CT molecular complexity index is 600. The number of anilines is 1. The van der Waals surface area contributed by atoms with Gasteiger partial charge in [-0.3, -0.25) is 0 Å². The van der Waals surface area contributed by atoms with Crippen molar-refractivity contribution in [3.8, 4) is 17.3 Å². The molecule has 0 aliphatic heterocycles. The van der Waals surface area contributed by atoms with Crippen molar-refractivity contribution in [3.63, 3.8) is 0 Å². The van der Waals surface area contributed by atoms with Gasteiger partial charge in [-0.1, -0.05) is 20.8 Å². The topological polar surface area (TPSA) is 91.4 Å². The van der Waals surface area contributed by atoms with Crippen molar-refractivity contribution in [3.05, 3.63) is 29.8 Å². The third-order valence-electron chi connectivity index (χ3n) is 2.72. The van der Waals surface area contributed by atoms with Crippen molar-refractivity contribution < 1.29 is 0 Å². The van der Waals surface area contributed by atoms with Gasteiger partial charge in [-0.2, -0.15) is 5.26 Å². The average molecular weight is 241 g/mol. The maximum absolute atomic E-state index is 9.19. The van der Waals surface area contributed by atoms with Crippen LogP contribution in [0.4, 0.5) is 5.82 Å². The van der Waals surface area contributed by atoms with Crippen LogP contribution in [0.15, 0.2) is 18.6 Å². The summed E-state index contributed by atoms with van der Waals surface area (Å²) >= 11 is 0. The first-order valence-corrected chi connectivity index (χ1v) is 5.63. The number of nitrogens with two attached hydrogens (primary N) is 1. The Labute approximate surface area is 106 Å². The minimum absolute atomic E-state index is 0.128. The molecule has 0 amide bonds. The lowest BCUT2D eigenvalue weighted by Gasteiger charge is -2.19. The summed E-state index contributed by atoms with van der Waals surface area (Å²) in [5.41, 5.74) is 8.48. The van der Waals surface area contributed by atoms with Crippen LogP contribution in [0.1, 0.15) is 32.0 Å². The van der Waals surface area contributed by atoms with Gasteiger partial charge in [0.1, 0.15) is 17.5 Å². The number of imidazole rings is 1. The van der Waals surface area contributed by atoms with Crippen LogP contribution in [0, 0.1) is 11.3 Å². The third kappa shape index (κ3) is 2.05. The Morgan fingerprint density at radius 3 is 2.61 bits per heavy atom. The van der Waals surface area contributed by atoms with Crippen molar-refractivity contribution in [2.45, 2.75) is 26.2 Å². The van der Waals surface area contributed by atoms with Crippen LogP contribution in [-0.2, 0) is 5.41 Å². The van der Waals surface area contributed by atoms with Gasteiger partial charge < -0.3 is 10.7 Å². The fourth-order valence-corrected chi connectivity index (χ4v) is 1.68. The minimum atomic E-state index is -0.128. The summed E-state index contributed by atoms with van der Waals surface area (Å²) in [4.78, 5) is 11.3. The van der Waals surface area contributed by atoms with E-state index < -0.39 is 0 Å². The van der Waals surface area contributed by atoms with Crippen LogP contribution in [-0.4, -0.2) is 15.0 Å². The summed E-state index contributed by atoms with van der Waals surface area (Å²) in [6.07, 6.45) is 3.24. The molecule has 2 heterocycles. The third-order valence-corrected chi connectivity index (χ3v) is 2.72. The van der Waals surface area contributed by atoms with Gasteiger partial charge in [-0.05, 0) is 6.07 Å². The molecule has 0 unspecified atom stereocenters. The van der Waals surface area contributed by atoms with E-state index in [9.17, 15) is 5.26 Å². The molecule has 92 valence electrons. The molecule has 0 fully saturated rings. The van der Waals surface area contributed by atoms with Crippen LogP contribution in [0.3, 0.4) is 0 Å².